The molecule has 1 heterocycles. The van der Waals surface area contributed by atoms with Crippen molar-refractivity contribution in [3.63, 3.8) is 0 Å². The van der Waals surface area contributed by atoms with E-state index in [0.717, 1.165) is 12.8 Å². The van der Waals surface area contributed by atoms with Gasteiger partial charge in [0.05, 0.1) is 0 Å². The molecule has 1 N–H and O–H groups in total. The smallest absolute Gasteiger partial charge is 0.0465 e. The Balaban J connectivity index is 2.33. The number of hydrogen-bond acceptors (Lipinski definition) is 0. The highest BCUT2D eigenvalue weighted by Gasteiger charge is 2.20. The van der Waals surface area contributed by atoms with Crippen LogP contribution in [0.3, 0.4) is 0 Å². The molecule has 1 aromatic heterocycles. The Morgan fingerprint density at radius 1 is 1.12 bits per heavy atom. The summed E-state index contributed by atoms with van der Waals surface area (Å²) in [6.45, 7) is 6.70. The monoisotopic (exact) mass is 229 g/mol. The average molecular weight is 229 g/mol. The van der Waals surface area contributed by atoms with Gasteiger partial charge in [0.25, 0.3) is 0 Å². The molecule has 17 heavy (non-hydrogen) atoms. The zero-order chi connectivity index (χ0) is 12.3. The lowest BCUT2D eigenvalue weighted by Gasteiger charge is -2.04. The molecule has 1 aromatic rings. The summed E-state index contributed by atoms with van der Waals surface area (Å²) in [5, 5.41) is 0. The van der Waals surface area contributed by atoms with E-state index in [9.17, 15) is 0 Å². The summed E-state index contributed by atoms with van der Waals surface area (Å²) < 4.78 is 0. The van der Waals surface area contributed by atoms with E-state index in [-0.39, 0.29) is 0 Å². The Morgan fingerprint density at radius 2 is 1.88 bits per heavy atom. The molecule has 1 heteroatoms. The van der Waals surface area contributed by atoms with Gasteiger partial charge in [0.2, 0.25) is 0 Å². The van der Waals surface area contributed by atoms with Gasteiger partial charge in [-0.1, -0.05) is 39.7 Å². The molecule has 0 atom stereocenters. The quantitative estimate of drug-likeness (QED) is 0.734. The maximum atomic E-state index is 3.55. The molecule has 0 aromatic carbocycles. The Labute approximate surface area is 105 Å². The van der Waals surface area contributed by atoms with Crippen LogP contribution in [0.1, 0.15) is 63.4 Å². The zero-order valence-electron chi connectivity index (χ0n) is 11.3. The number of allylic oxidation sites excluding steroid dienone is 3. The van der Waals surface area contributed by atoms with Gasteiger partial charge in [0, 0.05) is 17.0 Å². The number of nitrogens with one attached hydrogen (secondary N) is 1. The average Bonchev–Trinajstić information content (AvgIpc) is 2.80. The second-order valence-corrected chi connectivity index (χ2v) is 4.82. The van der Waals surface area contributed by atoms with E-state index in [1.165, 1.54) is 47.4 Å². The fourth-order valence-electron chi connectivity index (χ4n) is 2.62. The Morgan fingerprint density at radius 3 is 2.53 bits per heavy atom. The van der Waals surface area contributed by atoms with Crippen molar-refractivity contribution in [3.05, 3.63) is 34.7 Å². The van der Waals surface area contributed by atoms with Crippen LogP contribution in [0.2, 0.25) is 0 Å². The predicted octanol–water partition coefficient (Wildman–Crippen LogP) is 4.96. The zero-order valence-corrected chi connectivity index (χ0v) is 11.3. The molecular formula is C16H23N. The van der Waals surface area contributed by atoms with Gasteiger partial charge in [-0.3, -0.25) is 0 Å². The summed E-state index contributed by atoms with van der Waals surface area (Å²) in [5.74, 6) is 0. The van der Waals surface area contributed by atoms with Crippen LogP contribution in [0.15, 0.2) is 17.7 Å². The third kappa shape index (κ3) is 2.38. The molecular weight excluding hydrogens is 206 g/mol. The van der Waals surface area contributed by atoms with Crippen LogP contribution in [0, 0.1) is 0 Å². The van der Waals surface area contributed by atoms with Crippen molar-refractivity contribution in [1.29, 1.82) is 0 Å². The van der Waals surface area contributed by atoms with Crippen LogP contribution >= 0.6 is 0 Å². The van der Waals surface area contributed by atoms with Crippen LogP contribution in [-0.2, 0) is 6.42 Å². The lowest BCUT2D eigenvalue weighted by molar-refractivity contribution is 0.890. The second kappa shape index (κ2) is 5.39. The largest absolute Gasteiger partial charge is 0.358 e. The molecule has 0 aliphatic heterocycles. The lowest BCUT2D eigenvalue weighted by Crippen LogP contribution is -1.85. The van der Waals surface area contributed by atoms with Crippen LogP contribution in [0.25, 0.3) is 11.6 Å². The van der Waals surface area contributed by atoms with E-state index >= 15 is 0 Å². The minimum absolute atomic E-state index is 1.12. The molecule has 92 valence electrons. The first kappa shape index (κ1) is 12.2. The maximum Gasteiger partial charge on any atom is 0.0465 e. The molecule has 1 aliphatic carbocycles. The van der Waals surface area contributed by atoms with Crippen LogP contribution < -0.4 is 0 Å². The first-order chi connectivity index (χ1) is 8.30. The summed E-state index contributed by atoms with van der Waals surface area (Å²) in [4.78, 5) is 3.55. The molecule has 0 saturated heterocycles. The summed E-state index contributed by atoms with van der Waals surface area (Å²) in [6, 6.07) is 2.35. The van der Waals surface area contributed by atoms with Crippen molar-refractivity contribution >= 4 is 11.6 Å². The Bertz CT molecular complexity index is 446. The highest BCUT2D eigenvalue weighted by atomic mass is 14.7. The number of rotatable bonds is 5. The molecule has 0 spiro atoms. The predicted molar refractivity (Wildman–Crippen MR) is 75.9 cm³/mol. The summed E-state index contributed by atoms with van der Waals surface area (Å²) in [6.07, 6.45) is 10.6. The summed E-state index contributed by atoms with van der Waals surface area (Å²) in [5.41, 5.74) is 7.13. The van der Waals surface area contributed by atoms with E-state index < -0.39 is 0 Å². The topological polar surface area (TPSA) is 15.8 Å². The summed E-state index contributed by atoms with van der Waals surface area (Å²) in [7, 11) is 0. The van der Waals surface area contributed by atoms with Crippen LogP contribution in [0.5, 0.6) is 0 Å². The number of fused-ring (bicyclic) bond motifs is 1. The number of aromatic nitrogens is 1. The Kier molecular flexibility index (Phi) is 3.88. The highest BCUT2D eigenvalue weighted by Crippen LogP contribution is 2.38. The van der Waals surface area contributed by atoms with Gasteiger partial charge in [0.1, 0.15) is 0 Å². The minimum atomic E-state index is 1.12. The van der Waals surface area contributed by atoms with E-state index in [4.69, 9.17) is 0 Å². The number of hydrogen-bond donors (Lipinski definition) is 1. The minimum Gasteiger partial charge on any atom is -0.358 e. The van der Waals surface area contributed by atoms with E-state index in [1.54, 1.807) is 0 Å². The molecule has 1 nitrogen and oxygen atoms in total. The Hall–Kier alpha value is -1.24. The van der Waals surface area contributed by atoms with Gasteiger partial charge >= 0.3 is 0 Å². The molecule has 0 radical (unpaired) electrons. The van der Waals surface area contributed by atoms with Gasteiger partial charge in [-0.25, -0.2) is 0 Å². The molecule has 0 fully saturated rings. The van der Waals surface area contributed by atoms with Gasteiger partial charge in [-0.15, -0.1) is 0 Å². The normalized spacial score (nSPS) is 16.4. The fraction of sp³-hybridized carbons (Fsp3) is 0.500. The second-order valence-electron chi connectivity index (χ2n) is 4.82. The molecule has 2 rings (SSSR count). The van der Waals surface area contributed by atoms with Gasteiger partial charge in [0.15, 0.2) is 0 Å². The van der Waals surface area contributed by atoms with Crippen molar-refractivity contribution in [1.82, 2.24) is 4.98 Å². The number of aromatic amines is 1. The molecule has 1 aliphatic rings. The van der Waals surface area contributed by atoms with Crippen molar-refractivity contribution in [3.8, 4) is 0 Å². The van der Waals surface area contributed by atoms with Gasteiger partial charge < -0.3 is 4.98 Å². The van der Waals surface area contributed by atoms with E-state index in [0.29, 0.717) is 0 Å². The fourth-order valence-corrected chi connectivity index (χ4v) is 2.62. The van der Waals surface area contributed by atoms with Gasteiger partial charge in [-0.05, 0) is 42.6 Å². The van der Waals surface area contributed by atoms with Crippen LogP contribution in [-0.4, -0.2) is 4.98 Å². The lowest BCUT2D eigenvalue weighted by atomic mass is 10.00. The molecule has 0 amide bonds. The maximum absolute atomic E-state index is 3.55. The first-order valence-electron chi connectivity index (χ1n) is 6.93. The summed E-state index contributed by atoms with van der Waals surface area (Å²) >= 11 is 0. The third-order valence-corrected chi connectivity index (χ3v) is 3.31. The first-order valence-corrected chi connectivity index (χ1v) is 6.93. The van der Waals surface area contributed by atoms with E-state index in [1.807, 2.05) is 0 Å². The van der Waals surface area contributed by atoms with Crippen molar-refractivity contribution in [2.45, 2.75) is 52.9 Å². The van der Waals surface area contributed by atoms with Crippen LogP contribution in [0.4, 0.5) is 0 Å². The highest BCUT2D eigenvalue weighted by molar-refractivity contribution is 5.93. The molecule has 0 saturated carbocycles. The third-order valence-electron chi connectivity index (χ3n) is 3.31. The SMILES string of the molecule is CC/C=C1/C(CCC)=Cc2[nH]c(CCC)cc21. The molecule has 0 unspecified atom stereocenters. The van der Waals surface area contributed by atoms with Gasteiger partial charge in [-0.2, -0.15) is 0 Å². The number of aryl methyl sites for hydroxylation is 1. The van der Waals surface area contributed by atoms with Crippen molar-refractivity contribution in [2.24, 2.45) is 0 Å². The standard InChI is InChI=1S/C16H23N/c1-4-7-12-10-16-15(14(12)9-6-3)11-13(17-16)8-5-2/h9-11,17H,4-8H2,1-3H3/b14-9-. The van der Waals surface area contributed by atoms with Crippen molar-refractivity contribution < 1.29 is 0 Å². The molecule has 0 bridgehead atoms. The van der Waals surface area contributed by atoms with E-state index in [2.05, 4.69) is 44.0 Å². The number of H-pyrrole nitrogens is 1. The van der Waals surface area contributed by atoms with Crippen molar-refractivity contribution in [2.75, 3.05) is 0 Å².